The Morgan fingerprint density at radius 1 is 1.27 bits per heavy atom. The molecule has 0 aromatic heterocycles. The smallest absolute Gasteiger partial charge is 0.339 e. The second-order valence-electron chi connectivity index (χ2n) is 4.02. The van der Waals surface area contributed by atoms with E-state index in [-0.39, 0.29) is 59.7 Å². The second-order valence-corrected chi connectivity index (χ2v) is 6.81. The van der Waals surface area contributed by atoms with Crippen LogP contribution in [0.1, 0.15) is 5.56 Å². The van der Waals surface area contributed by atoms with Crippen molar-refractivity contribution in [3.8, 4) is 6.07 Å². The van der Waals surface area contributed by atoms with E-state index in [2.05, 4.69) is 5.73 Å². The van der Waals surface area contributed by atoms with Crippen molar-refractivity contribution in [2.75, 3.05) is 0 Å². The summed E-state index contributed by atoms with van der Waals surface area (Å²) >= 11 is 2.01. The molecule has 4 nitrogen and oxygen atoms in total. The zero-order valence-corrected chi connectivity index (χ0v) is 19.6. The van der Waals surface area contributed by atoms with E-state index < -0.39 is 10.1 Å². The SMILES string of the molecule is Cc1ccc(S(=O)(=O)OC2=C=C[C](I)C=C2C#N)cc1.[I-].[Zn]. The maximum atomic E-state index is 12.1. The van der Waals surface area contributed by atoms with Gasteiger partial charge in [0.15, 0.2) is 0 Å². The summed E-state index contributed by atoms with van der Waals surface area (Å²) < 4.78 is 30.0. The van der Waals surface area contributed by atoms with Gasteiger partial charge in [0.1, 0.15) is 16.5 Å². The van der Waals surface area contributed by atoms with E-state index in [1.807, 2.05) is 35.6 Å². The summed E-state index contributed by atoms with van der Waals surface area (Å²) in [6.07, 6.45) is 3.10. The van der Waals surface area contributed by atoms with Gasteiger partial charge in [-0.2, -0.15) is 13.7 Å². The minimum absolute atomic E-state index is 0. The molecule has 1 aromatic rings. The van der Waals surface area contributed by atoms with Crippen LogP contribution in [0.2, 0.25) is 0 Å². The minimum Gasteiger partial charge on any atom is -1.00 e. The normalized spacial score (nSPS) is 13.9. The molecule has 2 rings (SSSR count). The van der Waals surface area contributed by atoms with Crippen LogP contribution in [0, 0.1) is 22.2 Å². The van der Waals surface area contributed by atoms with Crippen LogP contribution in [0.25, 0.3) is 0 Å². The predicted molar refractivity (Wildman–Crippen MR) is 82.0 cm³/mol. The van der Waals surface area contributed by atoms with Gasteiger partial charge in [0.05, 0.1) is 3.92 Å². The molecular formula is C14H9I2NO3SZn-. The van der Waals surface area contributed by atoms with E-state index >= 15 is 0 Å². The Kier molecular flexibility index (Phi) is 9.10. The van der Waals surface area contributed by atoms with Gasteiger partial charge in [0, 0.05) is 19.5 Å². The molecule has 1 aromatic carbocycles. The standard InChI is InChI=1S/C14H9INO3S.HI.Zn/c1-10-2-5-13(6-3-10)20(17,18)19-14-7-4-12(15)8-11(14)9-16;;/h2-6,8H,1H3;1H;/p-1. The van der Waals surface area contributed by atoms with Crippen molar-refractivity contribution in [1.29, 1.82) is 5.26 Å². The molecule has 0 heterocycles. The van der Waals surface area contributed by atoms with Crippen LogP contribution in [0.5, 0.6) is 0 Å². The Hall–Kier alpha value is -0.197. The van der Waals surface area contributed by atoms with E-state index in [1.54, 1.807) is 18.2 Å². The third-order valence-corrected chi connectivity index (χ3v) is 4.35. The largest absolute Gasteiger partial charge is 1.00 e. The third kappa shape index (κ3) is 5.46. The molecule has 0 unspecified atom stereocenters. The number of nitriles is 1. The van der Waals surface area contributed by atoms with Crippen molar-refractivity contribution in [3.05, 3.63) is 63.0 Å². The fraction of sp³-hybridized carbons (Fsp3) is 0.0714. The van der Waals surface area contributed by atoms with Crippen LogP contribution in [0.4, 0.5) is 0 Å². The zero-order valence-electron chi connectivity index (χ0n) is 11.5. The Morgan fingerprint density at radius 3 is 2.41 bits per heavy atom. The fourth-order valence-corrected chi connectivity index (χ4v) is 2.86. The van der Waals surface area contributed by atoms with Gasteiger partial charge in [-0.1, -0.05) is 46.0 Å². The molecule has 0 amide bonds. The minimum atomic E-state index is -3.96. The van der Waals surface area contributed by atoms with E-state index in [0.717, 1.165) is 9.49 Å². The first-order valence-corrected chi connectivity index (χ1v) is 8.03. The van der Waals surface area contributed by atoms with Gasteiger partial charge in [-0.3, -0.25) is 0 Å². The first-order valence-electron chi connectivity index (χ1n) is 5.55. The molecule has 1 radical (unpaired) electrons. The quantitative estimate of drug-likeness (QED) is 0.218. The Labute approximate surface area is 173 Å². The summed E-state index contributed by atoms with van der Waals surface area (Å²) in [6, 6.07) is 8.18. The molecule has 1 aliphatic carbocycles. The van der Waals surface area contributed by atoms with Crippen molar-refractivity contribution >= 4 is 32.7 Å². The van der Waals surface area contributed by atoms with Gasteiger partial charge in [0.25, 0.3) is 0 Å². The fourth-order valence-electron chi connectivity index (χ4n) is 1.47. The molecule has 0 saturated carbocycles. The molecule has 22 heavy (non-hydrogen) atoms. The van der Waals surface area contributed by atoms with Gasteiger partial charge >= 0.3 is 10.1 Å². The summed E-state index contributed by atoms with van der Waals surface area (Å²) in [5, 5.41) is 9.00. The van der Waals surface area contributed by atoms with E-state index in [0.29, 0.717) is 0 Å². The first kappa shape index (κ1) is 21.8. The molecule has 0 aliphatic heterocycles. The third-order valence-electron chi connectivity index (χ3n) is 2.49. The van der Waals surface area contributed by atoms with Gasteiger partial charge in [0.2, 0.25) is 5.76 Å². The molecule has 0 spiro atoms. The van der Waals surface area contributed by atoms with E-state index in [9.17, 15) is 8.42 Å². The van der Waals surface area contributed by atoms with Crippen molar-refractivity contribution in [1.82, 2.24) is 0 Å². The van der Waals surface area contributed by atoms with E-state index in [1.165, 1.54) is 18.2 Å². The molecule has 0 saturated heterocycles. The van der Waals surface area contributed by atoms with Crippen molar-refractivity contribution in [2.45, 2.75) is 11.8 Å². The number of rotatable bonds is 3. The maximum absolute atomic E-state index is 12.1. The number of hydrogen-bond acceptors (Lipinski definition) is 4. The maximum Gasteiger partial charge on any atom is 0.339 e. The molecule has 0 fully saturated rings. The average molecular weight is 590 g/mol. The van der Waals surface area contributed by atoms with E-state index in [4.69, 9.17) is 9.44 Å². The van der Waals surface area contributed by atoms with Crippen LogP contribution in [0.3, 0.4) is 0 Å². The zero-order chi connectivity index (χ0) is 14.8. The van der Waals surface area contributed by atoms with Crippen LogP contribution in [-0.4, -0.2) is 8.42 Å². The van der Waals surface area contributed by atoms with Crippen LogP contribution < -0.4 is 24.0 Å². The summed E-state index contributed by atoms with van der Waals surface area (Å²) in [6.45, 7) is 1.86. The molecule has 111 valence electrons. The number of allylic oxidation sites excluding steroid dienone is 2. The Bertz CT molecular complexity index is 773. The number of hydrogen-bond donors (Lipinski definition) is 0. The predicted octanol–water partition coefficient (Wildman–Crippen LogP) is 0.171. The topological polar surface area (TPSA) is 67.2 Å². The second kappa shape index (κ2) is 9.19. The number of aryl methyl sites for hydroxylation is 1. The van der Waals surface area contributed by atoms with Crippen LogP contribution >= 0.6 is 22.6 Å². The Balaban J connectivity index is 0.00000220. The molecule has 8 heteroatoms. The molecule has 0 bridgehead atoms. The monoisotopic (exact) mass is 589 g/mol. The van der Waals surface area contributed by atoms with Crippen molar-refractivity contribution < 1.29 is 56.1 Å². The molecule has 1 aliphatic rings. The van der Waals surface area contributed by atoms with Gasteiger partial charge < -0.3 is 28.2 Å². The molecule has 0 atom stereocenters. The summed E-state index contributed by atoms with van der Waals surface area (Å²) in [5.41, 5.74) is 3.74. The summed E-state index contributed by atoms with van der Waals surface area (Å²) in [5.74, 6) is -0.0894. The van der Waals surface area contributed by atoms with Gasteiger partial charge in [-0.15, -0.1) is 0 Å². The molecule has 0 N–H and O–H groups in total. The van der Waals surface area contributed by atoms with Crippen molar-refractivity contribution in [3.63, 3.8) is 0 Å². The van der Waals surface area contributed by atoms with Gasteiger partial charge in [-0.25, -0.2) is 0 Å². The van der Waals surface area contributed by atoms with Crippen LogP contribution in [0.15, 0.2) is 58.4 Å². The average Bonchev–Trinajstić information content (AvgIpc) is 2.41. The first-order chi connectivity index (χ1) is 9.42. The number of benzene rings is 1. The number of nitrogens with zero attached hydrogens (tertiary/aromatic N) is 1. The van der Waals surface area contributed by atoms with Gasteiger partial charge in [-0.05, 0) is 31.2 Å². The number of halogens is 2. The van der Waals surface area contributed by atoms with Crippen LogP contribution in [-0.2, 0) is 33.8 Å². The molecular weight excluding hydrogens is 581 g/mol. The summed E-state index contributed by atoms with van der Waals surface area (Å²) in [4.78, 5) is 0.0407. The Morgan fingerprint density at radius 2 is 1.86 bits per heavy atom. The van der Waals surface area contributed by atoms with Crippen molar-refractivity contribution in [2.24, 2.45) is 0 Å². The summed E-state index contributed by atoms with van der Waals surface area (Å²) in [7, 11) is -3.96.